The Bertz CT molecular complexity index is 826. The van der Waals surface area contributed by atoms with E-state index in [4.69, 9.17) is 9.88 Å². The molecular weight excluding hydrogens is 328 g/mol. The van der Waals surface area contributed by atoms with Gasteiger partial charge < -0.3 is 10.1 Å². The summed E-state index contributed by atoms with van der Waals surface area (Å²) in [5, 5.41) is 7.65. The highest BCUT2D eigenvalue weighted by atomic mass is 32.2. The SMILES string of the molecule is CCOc1ccc(/C=C/C(=O)Nc2ccc(S(N)(=O)=O)cc2)cc1. The number of carbonyl (C=O) groups excluding carboxylic acids is 1. The third kappa shape index (κ3) is 5.22. The maximum absolute atomic E-state index is 11.9. The van der Waals surface area contributed by atoms with Crippen LogP contribution >= 0.6 is 0 Å². The van der Waals surface area contributed by atoms with Crippen molar-refractivity contribution in [2.45, 2.75) is 11.8 Å². The second-order valence-corrected chi connectivity index (χ2v) is 6.46. The molecule has 0 saturated carbocycles. The number of nitrogens with two attached hydrogens (primary N) is 1. The monoisotopic (exact) mass is 346 g/mol. The molecule has 24 heavy (non-hydrogen) atoms. The lowest BCUT2D eigenvalue weighted by atomic mass is 10.2. The zero-order valence-corrected chi connectivity index (χ0v) is 13.9. The smallest absolute Gasteiger partial charge is 0.248 e. The predicted molar refractivity (Wildman–Crippen MR) is 93.1 cm³/mol. The molecule has 0 heterocycles. The molecule has 6 nitrogen and oxygen atoms in total. The molecule has 2 rings (SSSR count). The van der Waals surface area contributed by atoms with Gasteiger partial charge in [-0.3, -0.25) is 4.79 Å². The summed E-state index contributed by atoms with van der Waals surface area (Å²) in [5.74, 6) is 0.446. The van der Waals surface area contributed by atoms with Crippen molar-refractivity contribution in [1.82, 2.24) is 0 Å². The first kappa shape index (κ1) is 17.7. The number of amides is 1. The zero-order chi connectivity index (χ0) is 17.6. The molecule has 0 aliphatic rings. The van der Waals surface area contributed by atoms with Gasteiger partial charge in [0.05, 0.1) is 11.5 Å². The third-order valence-corrected chi connectivity index (χ3v) is 4.00. The van der Waals surface area contributed by atoms with Crippen molar-refractivity contribution in [3.05, 3.63) is 60.2 Å². The molecule has 0 spiro atoms. The first-order valence-corrected chi connectivity index (χ1v) is 8.78. The summed E-state index contributed by atoms with van der Waals surface area (Å²) < 4.78 is 27.7. The molecule has 0 aliphatic heterocycles. The lowest BCUT2D eigenvalue weighted by Gasteiger charge is -2.04. The van der Waals surface area contributed by atoms with Crippen LogP contribution in [0.4, 0.5) is 5.69 Å². The van der Waals surface area contributed by atoms with Gasteiger partial charge in [-0.15, -0.1) is 0 Å². The number of hydrogen-bond donors (Lipinski definition) is 2. The number of anilines is 1. The Kier molecular flexibility index (Phi) is 5.73. The van der Waals surface area contributed by atoms with Crippen LogP contribution in [0.1, 0.15) is 12.5 Å². The minimum absolute atomic E-state index is 0.00886. The number of nitrogens with one attached hydrogen (secondary N) is 1. The molecule has 1 amide bonds. The molecule has 2 aromatic carbocycles. The molecule has 2 aromatic rings. The average Bonchev–Trinajstić information content (AvgIpc) is 2.54. The number of sulfonamides is 1. The normalized spacial score (nSPS) is 11.4. The summed E-state index contributed by atoms with van der Waals surface area (Å²) >= 11 is 0. The van der Waals surface area contributed by atoms with Crippen LogP contribution in [0.2, 0.25) is 0 Å². The van der Waals surface area contributed by atoms with E-state index in [1.165, 1.54) is 30.3 Å². The third-order valence-electron chi connectivity index (χ3n) is 3.07. The number of hydrogen-bond acceptors (Lipinski definition) is 4. The van der Waals surface area contributed by atoms with Crippen molar-refractivity contribution in [1.29, 1.82) is 0 Å². The van der Waals surface area contributed by atoms with Gasteiger partial charge in [-0.2, -0.15) is 0 Å². The van der Waals surface area contributed by atoms with Gasteiger partial charge in [0.15, 0.2) is 0 Å². The van der Waals surface area contributed by atoms with Crippen molar-refractivity contribution < 1.29 is 17.9 Å². The maximum atomic E-state index is 11.9. The standard InChI is InChI=1S/C17H18N2O4S/c1-2-23-15-8-3-13(4-9-15)5-12-17(20)19-14-6-10-16(11-7-14)24(18,21)22/h3-12H,2H2,1H3,(H,19,20)(H2,18,21,22)/b12-5+. The highest BCUT2D eigenvalue weighted by Crippen LogP contribution is 2.14. The Morgan fingerprint density at radius 2 is 1.75 bits per heavy atom. The Balaban J connectivity index is 1.97. The zero-order valence-electron chi connectivity index (χ0n) is 13.1. The van der Waals surface area contributed by atoms with Gasteiger partial charge in [-0.1, -0.05) is 12.1 Å². The van der Waals surface area contributed by atoms with Gasteiger partial charge in [0.2, 0.25) is 15.9 Å². The minimum atomic E-state index is -3.74. The predicted octanol–water partition coefficient (Wildman–Crippen LogP) is 2.38. The van der Waals surface area contributed by atoms with Crippen molar-refractivity contribution >= 4 is 27.7 Å². The highest BCUT2D eigenvalue weighted by Gasteiger charge is 2.07. The van der Waals surface area contributed by atoms with Crippen molar-refractivity contribution in [3.8, 4) is 5.75 Å². The number of rotatable bonds is 6. The Hall–Kier alpha value is -2.64. The van der Waals surface area contributed by atoms with Crippen LogP contribution in [0.25, 0.3) is 6.08 Å². The van der Waals surface area contributed by atoms with Crippen LogP contribution in [-0.4, -0.2) is 20.9 Å². The van der Waals surface area contributed by atoms with Gasteiger partial charge in [0.1, 0.15) is 5.75 Å². The molecule has 0 bridgehead atoms. The van der Waals surface area contributed by atoms with E-state index in [0.717, 1.165) is 11.3 Å². The molecule has 0 aliphatic carbocycles. The van der Waals surface area contributed by atoms with E-state index >= 15 is 0 Å². The lowest BCUT2D eigenvalue weighted by Crippen LogP contribution is -2.12. The summed E-state index contributed by atoms with van der Waals surface area (Å²) in [6.07, 6.45) is 3.06. The fraction of sp³-hybridized carbons (Fsp3) is 0.118. The van der Waals surface area contributed by atoms with Crippen LogP contribution in [0.5, 0.6) is 5.75 Å². The summed E-state index contributed by atoms with van der Waals surface area (Å²) in [5.41, 5.74) is 1.34. The van der Waals surface area contributed by atoms with E-state index < -0.39 is 10.0 Å². The van der Waals surface area contributed by atoms with E-state index in [-0.39, 0.29) is 10.8 Å². The summed E-state index contributed by atoms with van der Waals surface area (Å²) in [4.78, 5) is 11.9. The summed E-state index contributed by atoms with van der Waals surface area (Å²) in [6, 6.07) is 13.0. The van der Waals surface area contributed by atoms with Gasteiger partial charge >= 0.3 is 0 Å². The largest absolute Gasteiger partial charge is 0.494 e. The van der Waals surface area contributed by atoms with Crippen molar-refractivity contribution in [2.24, 2.45) is 5.14 Å². The molecule has 7 heteroatoms. The first-order valence-electron chi connectivity index (χ1n) is 7.23. The highest BCUT2D eigenvalue weighted by molar-refractivity contribution is 7.89. The quantitative estimate of drug-likeness (QED) is 0.785. The molecular formula is C17H18N2O4S. The first-order chi connectivity index (χ1) is 11.4. The lowest BCUT2D eigenvalue weighted by molar-refractivity contribution is -0.111. The average molecular weight is 346 g/mol. The van der Waals surface area contributed by atoms with Crippen LogP contribution < -0.4 is 15.2 Å². The Morgan fingerprint density at radius 1 is 1.12 bits per heavy atom. The van der Waals surface area contributed by atoms with E-state index in [0.29, 0.717) is 12.3 Å². The second-order valence-electron chi connectivity index (χ2n) is 4.89. The molecule has 0 atom stereocenters. The van der Waals surface area contributed by atoms with Gasteiger partial charge in [-0.25, -0.2) is 13.6 Å². The molecule has 0 radical (unpaired) electrons. The Labute approximate surface area is 141 Å². The van der Waals surface area contributed by atoms with E-state index in [1.54, 1.807) is 6.08 Å². The second kappa shape index (κ2) is 7.76. The van der Waals surface area contributed by atoms with E-state index in [2.05, 4.69) is 5.32 Å². The summed E-state index contributed by atoms with van der Waals surface area (Å²) in [6.45, 7) is 2.51. The van der Waals surface area contributed by atoms with E-state index in [1.807, 2.05) is 31.2 Å². The van der Waals surface area contributed by atoms with Gasteiger partial charge in [-0.05, 0) is 55.0 Å². The van der Waals surface area contributed by atoms with Crippen LogP contribution in [0, 0.1) is 0 Å². The topological polar surface area (TPSA) is 98.5 Å². The summed E-state index contributed by atoms with van der Waals surface area (Å²) in [7, 11) is -3.74. The number of primary sulfonamides is 1. The number of ether oxygens (including phenoxy) is 1. The molecule has 0 aromatic heterocycles. The van der Waals surface area contributed by atoms with Gasteiger partial charge in [0, 0.05) is 11.8 Å². The number of carbonyl (C=O) groups is 1. The van der Waals surface area contributed by atoms with Crippen LogP contribution in [0.15, 0.2) is 59.5 Å². The molecule has 0 fully saturated rings. The fourth-order valence-corrected chi connectivity index (χ4v) is 2.44. The fourth-order valence-electron chi connectivity index (χ4n) is 1.93. The maximum Gasteiger partial charge on any atom is 0.248 e. The molecule has 126 valence electrons. The van der Waals surface area contributed by atoms with E-state index in [9.17, 15) is 13.2 Å². The molecule has 0 unspecified atom stereocenters. The van der Waals surface area contributed by atoms with Crippen molar-refractivity contribution in [3.63, 3.8) is 0 Å². The van der Waals surface area contributed by atoms with Crippen LogP contribution in [0.3, 0.4) is 0 Å². The molecule has 3 N–H and O–H groups in total. The van der Waals surface area contributed by atoms with Crippen LogP contribution in [-0.2, 0) is 14.8 Å². The van der Waals surface area contributed by atoms with Crippen molar-refractivity contribution in [2.75, 3.05) is 11.9 Å². The van der Waals surface area contributed by atoms with Gasteiger partial charge in [0.25, 0.3) is 0 Å². The Morgan fingerprint density at radius 3 is 2.29 bits per heavy atom. The molecule has 0 saturated heterocycles. The number of benzene rings is 2. The minimum Gasteiger partial charge on any atom is -0.494 e.